The first-order valence-electron chi connectivity index (χ1n) is 7.73. The predicted molar refractivity (Wildman–Crippen MR) is 76.0 cm³/mol. The third-order valence-corrected chi connectivity index (χ3v) is 4.59. The minimum atomic E-state index is 0.219. The first kappa shape index (κ1) is 14.8. The van der Waals surface area contributed by atoms with Gasteiger partial charge in [-0.25, -0.2) is 0 Å². The van der Waals surface area contributed by atoms with E-state index in [2.05, 4.69) is 10.6 Å². The maximum absolute atomic E-state index is 11.9. The maximum atomic E-state index is 11.9. The van der Waals surface area contributed by atoms with Gasteiger partial charge in [0, 0.05) is 32.7 Å². The van der Waals surface area contributed by atoms with Crippen LogP contribution in [0.25, 0.3) is 0 Å². The number of rotatable bonds is 8. The van der Waals surface area contributed by atoms with Crippen LogP contribution in [0.2, 0.25) is 0 Å². The molecule has 1 saturated carbocycles. The van der Waals surface area contributed by atoms with Gasteiger partial charge >= 0.3 is 0 Å². The van der Waals surface area contributed by atoms with E-state index >= 15 is 0 Å². The van der Waals surface area contributed by atoms with Gasteiger partial charge in [-0.2, -0.15) is 0 Å². The van der Waals surface area contributed by atoms with E-state index in [9.17, 15) is 4.79 Å². The lowest BCUT2D eigenvalue weighted by Gasteiger charge is -2.23. The number of amides is 1. The second-order valence-electron chi connectivity index (χ2n) is 6.21. The molecule has 1 atom stereocenters. The molecule has 2 N–H and O–H groups in total. The van der Waals surface area contributed by atoms with E-state index in [0.29, 0.717) is 17.9 Å². The summed E-state index contributed by atoms with van der Waals surface area (Å²) in [6.07, 6.45) is 9.01. The monoisotopic (exact) mass is 268 g/mol. The molecular formula is C15H28N2O2. The van der Waals surface area contributed by atoms with Crippen molar-refractivity contribution in [2.45, 2.75) is 57.4 Å². The van der Waals surface area contributed by atoms with Crippen LogP contribution in [-0.4, -0.2) is 38.8 Å². The Kier molecular flexibility index (Phi) is 5.64. The molecule has 1 saturated heterocycles. The standard InChI is InChI=1S/C15H28N2O2/c1-19-11-9-15(7-8-15)12-17-14(18)6-5-13-4-2-3-10-16-13/h13,16H,2-12H2,1H3,(H,17,18). The molecule has 19 heavy (non-hydrogen) atoms. The fraction of sp³-hybridized carbons (Fsp3) is 0.933. The summed E-state index contributed by atoms with van der Waals surface area (Å²) in [5.41, 5.74) is 0.356. The van der Waals surface area contributed by atoms with Crippen LogP contribution in [0.15, 0.2) is 0 Å². The molecule has 0 radical (unpaired) electrons. The van der Waals surface area contributed by atoms with Gasteiger partial charge in [0.05, 0.1) is 0 Å². The molecule has 4 heteroatoms. The highest BCUT2D eigenvalue weighted by atomic mass is 16.5. The molecule has 2 aliphatic rings. The molecule has 1 amide bonds. The zero-order chi connectivity index (χ0) is 13.6. The van der Waals surface area contributed by atoms with E-state index in [1.54, 1.807) is 7.11 Å². The molecule has 0 aromatic rings. The van der Waals surface area contributed by atoms with Gasteiger partial charge in [-0.3, -0.25) is 4.79 Å². The lowest BCUT2D eigenvalue weighted by molar-refractivity contribution is -0.121. The highest BCUT2D eigenvalue weighted by molar-refractivity contribution is 5.76. The molecule has 1 heterocycles. The normalized spacial score (nSPS) is 25.0. The molecule has 0 aromatic heterocycles. The Labute approximate surface area is 116 Å². The van der Waals surface area contributed by atoms with Crippen LogP contribution in [-0.2, 0) is 9.53 Å². The number of carbonyl (C=O) groups excluding carboxylic acids is 1. The number of carbonyl (C=O) groups is 1. The molecule has 110 valence electrons. The van der Waals surface area contributed by atoms with Crippen molar-refractivity contribution in [3.63, 3.8) is 0 Å². The fourth-order valence-electron chi connectivity index (χ4n) is 2.86. The topological polar surface area (TPSA) is 50.4 Å². The first-order valence-corrected chi connectivity index (χ1v) is 7.73. The van der Waals surface area contributed by atoms with Gasteiger partial charge < -0.3 is 15.4 Å². The van der Waals surface area contributed by atoms with E-state index in [-0.39, 0.29) is 5.91 Å². The quantitative estimate of drug-likeness (QED) is 0.706. The van der Waals surface area contributed by atoms with Crippen molar-refractivity contribution in [1.82, 2.24) is 10.6 Å². The first-order chi connectivity index (χ1) is 9.24. The second-order valence-corrected chi connectivity index (χ2v) is 6.21. The smallest absolute Gasteiger partial charge is 0.220 e. The van der Waals surface area contributed by atoms with Gasteiger partial charge in [-0.05, 0) is 50.5 Å². The lowest BCUT2D eigenvalue weighted by atomic mass is 10.00. The molecule has 2 fully saturated rings. The number of hydrogen-bond donors (Lipinski definition) is 2. The number of hydrogen-bond acceptors (Lipinski definition) is 3. The van der Waals surface area contributed by atoms with Crippen LogP contribution in [0.5, 0.6) is 0 Å². The highest BCUT2D eigenvalue weighted by Gasteiger charge is 2.41. The largest absolute Gasteiger partial charge is 0.385 e. The van der Waals surface area contributed by atoms with Crippen LogP contribution in [0.3, 0.4) is 0 Å². The number of nitrogens with one attached hydrogen (secondary N) is 2. The number of ether oxygens (including phenoxy) is 1. The Morgan fingerprint density at radius 1 is 1.42 bits per heavy atom. The Bertz CT molecular complexity index is 284. The lowest BCUT2D eigenvalue weighted by Crippen LogP contribution is -2.36. The Hall–Kier alpha value is -0.610. The number of methoxy groups -OCH3 is 1. The van der Waals surface area contributed by atoms with Crippen molar-refractivity contribution >= 4 is 5.91 Å². The van der Waals surface area contributed by atoms with Crippen LogP contribution < -0.4 is 10.6 Å². The Balaban J connectivity index is 1.56. The van der Waals surface area contributed by atoms with Crippen molar-refractivity contribution in [1.29, 1.82) is 0 Å². The molecule has 1 aliphatic carbocycles. The van der Waals surface area contributed by atoms with Crippen LogP contribution in [0, 0.1) is 5.41 Å². The maximum Gasteiger partial charge on any atom is 0.220 e. The van der Waals surface area contributed by atoms with Crippen LogP contribution >= 0.6 is 0 Å². The second kappa shape index (κ2) is 7.25. The molecule has 0 bridgehead atoms. The van der Waals surface area contributed by atoms with E-state index < -0.39 is 0 Å². The Morgan fingerprint density at radius 3 is 2.89 bits per heavy atom. The summed E-state index contributed by atoms with van der Waals surface area (Å²) in [5.74, 6) is 0.219. The highest BCUT2D eigenvalue weighted by Crippen LogP contribution is 2.48. The van der Waals surface area contributed by atoms with Crippen molar-refractivity contribution in [3.8, 4) is 0 Å². The van der Waals surface area contributed by atoms with E-state index in [0.717, 1.165) is 32.5 Å². The zero-order valence-electron chi connectivity index (χ0n) is 12.2. The summed E-state index contributed by atoms with van der Waals surface area (Å²) in [6.45, 7) is 2.77. The molecule has 1 aliphatic heterocycles. The van der Waals surface area contributed by atoms with Gasteiger partial charge in [0.25, 0.3) is 0 Å². The number of piperidine rings is 1. The van der Waals surface area contributed by atoms with Crippen LogP contribution in [0.1, 0.15) is 51.4 Å². The van der Waals surface area contributed by atoms with Gasteiger partial charge in [0.1, 0.15) is 0 Å². The minimum absolute atomic E-state index is 0.219. The summed E-state index contributed by atoms with van der Waals surface area (Å²) in [6, 6.07) is 0.558. The summed E-state index contributed by atoms with van der Waals surface area (Å²) < 4.78 is 5.13. The minimum Gasteiger partial charge on any atom is -0.385 e. The van der Waals surface area contributed by atoms with Gasteiger partial charge in [0.15, 0.2) is 0 Å². The summed E-state index contributed by atoms with van der Waals surface area (Å²) >= 11 is 0. The van der Waals surface area contributed by atoms with Crippen molar-refractivity contribution < 1.29 is 9.53 Å². The van der Waals surface area contributed by atoms with E-state index in [1.807, 2.05) is 0 Å². The summed E-state index contributed by atoms with van der Waals surface area (Å²) in [7, 11) is 1.74. The molecule has 1 unspecified atom stereocenters. The molecule has 2 rings (SSSR count). The molecular weight excluding hydrogens is 240 g/mol. The fourth-order valence-corrected chi connectivity index (χ4v) is 2.86. The predicted octanol–water partition coefficient (Wildman–Crippen LogP) is 1.84. The summed E-state index contributed by atoms with van der Waals surface area (Å²) in [5, 5.41) is 6.60. The average Bonchev–Trinajstić information content (AvgIpc) is 3.22. The van der Waals surface area contributed by atoms with Gasteiger partial charge in [-0.1, -0.05) is 6.42 Å². The van der Waals surface area contributed by atoms with Gasteiger partial charge in [-0.15, -0.1) is 0 Å². The molecule has 4 nitrogen and oxygen atoms in total. The third-order valence-electron chi connectivity index (χ3n) is 4.59. The van der Waals surface area contributed by atoms with E-state index in [4.69, 9.17) is 4.74 Å². The van der Waals surface area contributed by atoms with Crippen molar-refractivity contribution in [3.05, 3.63) is 0 Å². The molecule has 0 aromatic carbocycles. The Morgan fingerprint density at radius 2 is 2.26 bits per heavy atom. The van der Waals surface area contributed by atoms with E-state index in [1.165, 1.54) is 32.1 Å². The third kappa shape index (κ3) is 5.11. The average molecular weight is 268 g/mol. The summed E-state index contributed by atoms with van der Waals surface area (Å²) in [4.78, 5) is 11.9. The van der Waals surface area contributed by atoms with Gasteiger partial charge in [0.2, 0.25) is 5.91 Å². The van der Waals surface area contributed by atoms with Crippen molar-refractivity contribution in [2.24, 2.45) is 5.41 Å². The molecule has 0 spiro atoms. The SMILES string of the molecule is COCCC1(CNC(=O)CCC2CCCCN2)CC1. The zero-order valence-corrected chi connectivity index (χ0v) is 12.2. The van der Waals surface area contributed by atoms with Crippen LogP contribution in [0.4, 0.5) is 0 Å². The van der Waals surface area contributed by atoms with Crippen molar-refractivity contribution in [2.75, 3.05) is 26.8 Å².